The Labute approximate surface area is 244 Å². The quantitative estimate of drug-likeness (QED) is 0.389. The van der Waals surface area contributed by atoms with Gasteiger partial charge in [-0.3, -0.25) is 14.4 Å². The number of hydrogen-bond acceptors (Lipinski definition) is 6. The van der Waals surface area contributed by atoms with E-state index in [0.717, 1.165) is 57.2 Å². The number of carbonyl (C=O) groups is 4. The molecule has 41 heavy (non-hydrogen) atoms. The number of likely N-dealkylation sites (N-methyl/N-ethyl adjacent to an activating group) is 1. The molecule has 3 N–H and O–H groups in total. The van der Waals surface area contributed by atoms with Crippen LogP contribution in [0.5, 0.6) is 0 Å². The topological polar surface area (TPSA) is 120 Å². The molecule has 0 bridgehead atoms. The second-order valence-electron chi connectivity index (χ2n) is 12.4. The van der Waals surface area contributed by atoms with Crippen LogP contribution in [0.25, 0.3) is 0 Å². The highest BCUT2D eigenvalue weighted by Gasteiger charge is 2.32. The SMILES string of the molecule is CCC(=O)N[C@H](Cc1ccc(NC(=O)[C@@H](NC(=O)OC(C)(C)C)C2CCCCCC2)cc1)C(=O)N1CCN(C)CC1. The van der Waals surface area contributed by atoms with Crippen LogP contribution < -0.4 is 16.0 Å². The fraction of sp³-hybridized carbons (Fsp3) is 0.677. The van der Waals surface area contributed by atoms with Crippen molar-refractivity contribution >= 4 is 29.5 Å². The maximum Gasteiger partial charge on any atom is 0.408 e. The minimum atomic E-state index is -0.697. The molecule has 2 fully saturated rings. The molecule has 1 aromatic rings. The molecule has 1 aliphatic heterocycles. The number of rotatable bonds is 9. The molecule has 1 heterocycles. The lowest BCUT2D eigenvalue weighted by atomic mass is 9.91. The Balaban J connectivity index is 1.68. The van der Waals surface area contributed by atoms with Crippen molar-refractivity contribution in [3.05, 3.63) is 29.8 Å². The van der Waals surface area contributed by atoms with Crippen molar-refractivity contribution in [1.82, 2.24) is 20.4 Å². The van der Waals surface area contributed by atoms with Gasteiger partial charge in [-0.15, -0.1) is 0 Å². The maximum atomic E-state index is 13.4. The number of carbonyl (C=O) groups excluding carboxylic acids is 4. The van der Waals surface area contributed by atoms with E-state index >= 15 is 0 Å². The number of piperazine rings is 1. The van der Waals surface area contributed by atoms with E-state index in [1.807, 2.05) is 24.1 Å². The normalized spacial score (nSPS) is 18.5. The van der Waals surface area contributed by atoms with Gasteiger partial charge in [0.25, 0.3) is 0 Å². The Bertz CT molecular complexity index is 1020. The summed E-state index contributed by atoms with van der Waals surface area (Å²) in [6.45, 7) is 10.0. The third-order valence-corrected chi connectivity index (χ3v) is 7.76. The highest BCUT2D eigenvalue weighted by molar-refractivity contribution is 5.97. The van der Waals surface area contributed by atoms with Gasteiger partial charge in [-0.25, -0.2) is 4.79 Å². The predicted molar refractivity (Wildman–Crippen MR) is 159 cm³/mol. The first-order valence-electron chi connectivity index (χ1n) is 15.1. The lowest BCUT2D eigenvalue weighted by Crippen LogP contribution is -2.54. The van der Waals surface area contributed by atoms with Crippen LogP contribution in [0, 0.1) is 5.92 Å². The van der Waals surface area contributed by atoms with Crippen molar-refractivity contribution < 1.29 is 23.9 Å². The van der Waals surface area contributed by atoms with E-state index < -0.39 is 23.8 Å². The molecule has 3 rings (SSSR count). The van der Waals surface area contributed by atoms with Gasteiger partial charge in [0.05, 0.1) is 0 Å². The minimum Gasteiger partial charge on any atom is -0.444 e. The predicted octanol–water partition coefficient (Wildman–Crippen LogP) is 3.70. The van der Waals surface area contributed by atoms with Crippen LogP contribution in [0.2, 0.25) is 0 Å². The number of ether oxygens (including phenoxy) is 1. The second kappa shape index (κ2) is 15.2. The summed E-state index contributed by atoms with van der Waals surface area (Å²) in [5.74, 6) is -0.471. The number of amides is 4. The number of anilines is 1. The van der Waals surface area contributed by atoms with E-state index in [1.54, 1.807) is 39.8 Å². The number of benzene rings is 1. The maximum absolute atomic E-state index is 13.4. The van der Waals surface area contributed by atoms with E-state index in [0.29, 0.717) is 31.6 Å². The summed E-state index contributed by atoms with van der Waals surface area (Å²) in [4.78, 5) is 55.6. The van der Waals surface area contributed by atoms with Gasteiger partial charge < -0.3 is 30.5 Å². The summed E-state index contributed by atoms with van der Waals surface area (Å²) in [6.07, 6.45) is 6.14. The smallest absolute Gasteiger partial charge is 0.408 e. The molecule has 0 spiro atoms. The van der Waals surface area contributed by atoms with Crippen LogP contribution in [0.15, 0.2) is 24.3 Å². The molecule has 228 valence electrons. The third kappa shape index (κ3) is 10.6. The van der Waals surface area contributed by atoms with Crippen LogP contribution >= 0.6 is 0 Å². The molecule has 4 amide bonds. The molecular formula is C31H49N5O5. The molecule has 1 aromatic carbocycles. The van der Waals surface area contributed by atoms with E-state index in [2.05, 4.69) is 20.9 Å². The first kappa shape index (κ1) is 32.4. The van der Waals surface area contributed by atoms with Crippen molar-refractivity contribution in [2.45, 2.75) is 96.7 Å². The summed E-state index contributed by atoms with van der Waals surface area (Å²) in [5.41, 5.74) is 0.812. The minimum absolute atomic E-state index is 0.0350. The number of nitrogens with one attached hydrogen (secondary N) is 3. The van der Waals surface area contributed by atoms with Gasteiger partial charge in [0, 0.05) is 44.7 Å². The number of hydrogen-bond donors (Lipinski definition) is 3. The lowest BCUT2D eigenvalue weighted by molar-refractivity contribution is -0.137. The van der Waals surface area contributed by atoms with Crippen LogP contribution in [0.4, 0.5) is 10.5 Å². The first-order valence-corrected chi connectivity index (χ1v) is 15.1. The molecule has 0 unspecified atom stereocenters. The summed E-state index contributed by atoms with van der Waals surface area (Å²) >= 11 is 0. The molecule has 2 aliphatic rings. The summed E-state index contributed by atoms with van der Waals surface area (Å²) in [6, 6.07) is 5.97. The fourth-order valence-electron chi connectivity index (χ4n) is 5.40. The zero-order valence-corrected chi connectivity index (χ0v) is 25.5. The Morgan fingerprint density at radius 3 is 2.10 bits per heavy atom. The molecular weight excluding hydrogens is 522 g/mol. The van der Waals surface area contributed by atoms with E-state index in [1.165, 1.54) is 0 Å². The molecule has 10 heteroatoms. The van der Waals surface area contributed by atoms with Crippen molar-refractivity contribution in [2.24, 2.45) is 5.92 Å². The van der Waals surface area contributed by atoms with Crippen LogP contribution in [-0.4, -0.2) is 84.5 Å². The third-order valence-electron chi connectivity index (χ3n) is 7.76. The van der Waals surface area contributed by atoms with Gasteiger partial charge in [0.2, 0.25) is 17.7 Å². The fourth-order valence-corrected chi connectivity index (χ4v) is 5.40. The zero-order chi connectivity index (χ0) is 30.0. The highest BCUT2D eigenvalue weighted by Crippen LogP contribution is 2.27. The van der Waals surface area contributed by atoms with E-state index in [-0.39, 0.29) is 23.6 Å². The number of nitrogens with zero attached hydrogens (tertiary/aromatic N) is 2. The average molecular weight is 572 g/mol. The molecule has 1 saturated carbocycles. The van der Waals surface area contributed by atoms with Gasteiger partial charge in [-0.1, -0.05) is 44.7 Å². The largest absolute Gasteiger partial charge is 0.444 e. The Hall–Kier alpha value is -3.14. The lowest BCUT2D eigenvalue weighted by Gasteiger charge is -2.34. The van der Waals surface area contributed by atoms with Crippen molar-refractivity contribution in [3.8, 4) is 0 Å². The van der Waals surface area contributed by atoms with Gasteiger partial charge in [0.1, 0.15) is 17.7 Å². The molecule has 0 radical (unpaired) electrons. The van der Waals surface area contributed by atoms with Crippen molar-refractivity contribution in [3.63, 3.8) is 0 Å². The molecule has 1 saturated heterocycles. The average Bonchev–Trinajstić information content (AvgIpc) is 3.21. The Kier molecular flexibility index (Phi) is 12.0. The van der Waals surface area contributed by atoms with Gasteiger partial charge in [-0.2, -0.15) is 0 Å². The van der Waals surface area contributed by atoms with E-state index in [4.69, 9.17) is 4.74 Å². The van der Waals surface area contributed by atoms with Gasteiger partial charge >= 0.3 is 6.09 Å². The van der Waals surface area contributed by atoms with E-state index in [9.17, 15) is 19.2 Å². The van der Waals surface area contributed by atoms with Gasteiger partial charge in [-0.05, 0) is 64.3 Å². The summed E-state index contributed by atoms with van der Waals surface area (Å²) < 4.78 is 5.45. The molecule has 2 atom stereocenters. The van der Waals surface area contributed by atoms with Crippen LogP contribution in [0.1, 0.15) is 78.2 Å². The van der Waals surface area contributed by atoms with Gasteiger partial charge in [0.15, 0.2) is 0 Å². The standard InChI is InChI=1S/C31H49N5O5/c1-6-26(37)33-25(29(39)36-19-17-35(5)18-20-36)21-22-13-15-24(16-14-22)32-28(38)27(23-11-9-7-8-10-12-23)34-30(40)41-31(2,3)4/h13-16,23,25,27H,6-12,17-21H2,1-5H3,(H,32,38)(H,33,37)(H,34,40)/t25-,27+/m1/s1. The second-order valence-corrected chi connectivity index (χ2v) is 12.4. The Morgan fingerprint density at radius 2 is 1.54 bits per heavy atom. The summed E-state index contributed by atoms with van der Waals surface area (Å²) in [7, 11) is 2.03. The molecule has 0 aromatic heterocycles. The Morgan fingerprint density at radius 1 is 0.927 bits per heavy atom. The van der Waals surface area contributed by atoms with Crippen LogP contribution in [0.3, 0.4) is 0 Å². The molecule has 1 aliphatic carbocycles. The summed E-state index contributed by atoms with van der Waals surface area (Å²) in [5, 5.41) is 8.70. The van der Waals surface area contributed by atoms with Crippen molar-refractivity contribution in [2.75, 3.05) is 38.5 Å². The van der Waals surface area contributed by atoms with Crippen LogP contribution in [-0.2, 0) is 25.5 Å². The first-order chi connectivity index (χ1) is 19.4. The monoisotopic (exact) mass is 571 g/mol. The zero-order valence-electron chi connectivity index (χ0n) is 25.5. The van der Waals surface area contributed by atoms with Crippen molar-refractivity contribution in [1.29, 1.82) is 0 Å². The highest BCUT2D eigenvalue weighted by atomic mass is 16.6. The molecule has 10 nitrogen and oxygen atoms in total. The number of alkyl carbamates (subject to hydrolysis) is 1.